The third-order valence-corrected chi connectivity index (χ3v) is 10.5. The lowest BCUT2D eigenvalue weighted by molar-refractivity contribution is -0.384. The number of nitro groups is 1. The molecule has 2 aliphatic rings. The first kappa shape index (κ1) is 48.7. The fraction of sp³-hybridized carbons (Fsp3) is 0.312. The summed E-state index contributed by atoms with van der Waals surface area (Å²) in [5, 5.41) is 18.5. The summed E-state index contributed by atoms with van der Waals surface area (Å²) in [7, 11) is -0.747. The monoisotopic (exact) mass is 893 g/mol. The Bertz CT molecular complexity index is 2030. The second-order valence-electron chi connectivity index (χ2n) is 11.9. The van der Waals surface area contributed by atoms with E-state index in [0.29, 0.717) is 22.9 Å². The smallest absolute Gasteiger partial charge is 0.404 e. The van der Waals surface area contributed by atoms with Crippen molar-refractivity contribution < 1.29 is 36.7 Å². The molecule has 2 aliphatic heterocycles. The first-order valence-electron chi connectivity index (χ1n) is 16.3. The molecule has 3 aromatic carbocycles. The van der Waals surface area contributed by atoms with Crippen molar-refractivity contribution in [3.63, 3.8) is 0 Å². The van der Waals surface area contributed by atoms with Gasteiger partial charge in [-0.05, 0) is 47.5 Å². The van der Waals surface area contributed by atoms with Gasteiger partial charge in [-0.3, -0.25) is 33.6 Å². The van der Waals surface area contributed by atoms with E-state index in [2.05, 4.69) is 14.7 Å². The van der Waals surface area contributed by atoms with Crippen molar-refractivity contribution in [3.05, 3.63) is 104 Å². The van der Waals surface area contributed by atoms with E-state index < -0.39 is 32.7 Å². The zero-order valence-electron chi connectivity index (χ0n) is 31.1. The van der Waals surface area contributed by atoms with Gasteiger partial charge in [0.1, 0.15) is 5.75 Å². The van der Waals surface area contributed by atoms with E-state index in [9.17, 15) is 19.2 Å². The van der Waals surface area contributed by atoms with Gasteiger partial charge in [0.25, 0.3) is 5.69 Å². The van der Waals surface area contributed by atoms with Crippen LogP contribution in [0.4, 0.5) is 5.69 Å². The van der Waals surface area contributed by atoms with Crippen LogP contribution in [0.5, 0.6) is 5.75 Å². The van der Waals surface area contributed by atoms with Gasteiger partial charge >= 0.3 is 15.6 Å². The molecule has 0 amide bonds. The topological polar surface area (TPSA) is 295 Å². The molecule has 20 nitrogen and oxygen atoms in total. The highest BCUT2D eigenvalue weighted by molar-refractivity contribution is 7.52. The standard InChI is InChI=1S/C15H13ClNO6P.C13H19ClN5O3P.C4H11N5.ClH/c16-12-3-1-2-11(10-12)15-8-9-21-24(20,23-15)22-14-6-4-13(5-7-14)17(18)19;1-19(2)13(16)17-12(15)18-23(20)21-7-6-11(22-23)9-4-3-5-10(14)8-9;1-9(2)4(7)8-3(5)6;/h1-7,10,15H,8-9H2;3-5,8,11H,6-7H2,1-2H3,(H4,15,16,17,18,20);1-2H3,(H5,5,6,7,8);1H. The summed E-state index contributed by atoms with van der Waals surface area (Å²) in [6.45, 7) is 0.416. The minimum Gasteiger partial charge on any atom is -0.404 e. The van der Waals surface area contributed by atoms with Gasteiger partial charge in [-0.2, -0.15) is 9.98 Å². The third kappa shape index (κ3) is 16.5. The number of rotatable bonds is 6. The van der Waals surface area contributed by atoms with Gasteiger partial charge in [-0.1, -0.05) is 47.5 Å². The molecule has 25 heteroatoms. The van der Waals surface area contributed by atoms with Gasteiger partial charge in [0.2, 0.25) is 11.9 Å². The van der Waals surface area contributed by atoms with Crippen LogP contribution in [0, 0.1) is 15.5 Å². The highest BCUT2D eigenvalue weighted by Crippen LogP contribution is 2.58. The average molecular weight is 895 g/mol. The Hall–Kier alpha value is -4.49. The second-order valence-corrected chi connectivity index (χ2v) is 15.9. The van der Waals surface area contributed by atoms with Crippen molar-refractivity contribution in [1.29, 1.82) is 5.41 Å². The average Bonchev–Trinajstić information content (AvgIpc) is 3.11. The molecular formula is C32H44Cl3N11O9P2. The van der Waals surface area contributed by atoms with Gasteiger partial charge in [0.15, 0.2) is 11.9 Å². The highest BCUT2D eigenvalue weighted by atomic mass is 35.5. The Kier molecular flexibility index (Phi) is 19.2. The Morgan fingerprint density at radius 3 is 1.77 bits per heavy atom. The summed E-state index contributed by atoms with van der Waals surface area (Å²) < 4.78 is 55.7. The number of nitrogens with two attached hydrogens (primary N) is 4. The van der Waals surface area contributed by atoms with Crippen molar-refractivity contribution >= 4 is 80.7 Å². The fourth-order valence-electron chi connectivity index (χ4n) is 4.35. The van der Waals surface area contributed by atoms with Gasteiger partial charge in [-0.15, -0.1) is 17.2 Å². The number of aliphatic imine (C=N–C) groups is 2. The van der Waals surface area contributed by atoms with Crippen LogP contribution in [0.1, 0.15) is 36.2 Å². The molecule has 57 heavy (non-hydrogen) atoms. The second kappa shape index (κ2) is 22.4. The fourth-order valence-corrected chi connectivity index (χ4v) is 7.49. The Balaban J connectivity index is 0.000000321. The molecule has 4 unspecified atom stereocenters. The molecule has 2 heterocycles. The molecule has 0 spiro atoms. The van der Waals surface area contributed by atoms with E-state index in [1.165, 1.54) is 29.2 Å². The summed E-state index contributed by atoms with van der Waals surface area (Å²) >= 11 is 11.9. The van der Waals surface area contributed by atoms with Crippen LogP contribution in [0.25, 0.3) is 0 Å². The quantitative estimate of drug-likeness (QED) is 0.0604. The summed E-state index contributed by atoms with van der Waals surface area (Å²) in [4.78, 5) is 20.5. The van der Waals surface area contributed by atoms with Crippen molar-refractivity contribution in [2.45, 2.75) is 25.0 Å². The van der Waals surface area contributed by atoms with Crippen LogP contribution in [0.15, 0.2) is 87.5 Å². The number of nitro benzene ring substituents is 1. The zero-order chi connectivity index (χ0) is 41.6. The Labute approximate surface area is 345 Å². The lowest BCUT2D eigenvalue weighted by atomic mass is 10.1. The van der Waals surface area contributed by atoms with Crippen molar-refractivity contribution in [2.24, 2.45) is 37.7 Å². The van der Waals surface area contributed by atoms with E-state index in [0.717, 1.165) is 11.1 Å². The van der Waals surface area contributed by atoms with Crippen LogP contribution in [0.2, 0.25) is 10.0 Å². The predicted molar refractivity (Wildman–Crippen MR) is 222 cm³/mol. The molecule has 4 atom stereocenters. The Morgan fingerprint density at radius 2 is 1.32 bits per heavy atom. The van der Waals surface area contributed by atoms with Crippen LogP contribution in [0.3, 0.4) is 0 Å². The van der Waals surface area contributed by atoms with Gasteiger partial charge in [-0.25, -0.2) is 9.13 Å². The predicted octanol–water partition coefficient (Wildman–Crippen LogP) is 6.21. The number of hydrogen-bond acceptors (Lipinski definition) is 10. The van der Waals surface area contributed by atoms with Gasteiger partial charge in [0, 0.05) is 63.2 Å². The van der Waals surface area contributed by atoms with Crippen LogP contribution in [-0.4, -0.2) is 80.0 Å². The number of halogens is 3. The van der Waals surface area contributed by atoms with Crippen LogP contribution < -0.4 is 27.5 Å². The highest BCUT2D eigenvalue weighted by Gasteiger charge is 2.38. The van der Waals surface area contributed by atoms with Gasteiger partial charge in [0.05, 0.1) is 30.3 Å². The molecule has 0 radical (unpaired) electrons. The maximum absolute atomic E-state index is 12.7. The summed E-state index contributed by atoms with van der Waals surface area (Å²) in [5.41, 5.74) is 22.9. The maximum atomic E-state index is 12.7. The van der Waals surface area contributed by atoms with E-state index in [1.54, 1.807) is 69.5 Å². The molecule has 0 bridgehead atoms. The lowest BCUT2D eigenvalue weighted by Gasteiger charge is -2.29. The molecular weight excluding hydrogens is 851 g/mol. The summed E-state index contributed by atoms with van der Waals surface area (Å²) in [5.74, 6) is -0.0214. The Morgan fingerprint density at radius 1 is 0.825 bits per heavy atom. The SMILES string of the molecule is CN(C)C(N)=NC(=N)N.CN(C)C(N)=NC(N)=NP1(=O)OCCC(c2cccc(Cl)c2)O1.Cl.O=[N+]([O-])c1ccc(OP2(=O)OCCC(c3cccc(Cl)c3)O2)cc1. The number of phosphoric acid groups is 1. The first-order valence-corrected chi connectivity index (χ1v) is 20.0. The van der Waals surface area contributed by atoms with Gasteiger partial charge < -0.3 is 37.3 Å². The molecule has 9 N–H and O–H groups in total. The molecule has 312 valence electrons. The number of hydrogen-bond donors (Lipinski definition) is 5. The van der Waals surface area contributed by atoms with E-state index in [-0.39, 0.29) is 60.9 Å². The number of phosphoric ester groups is 1. The van der Waals surface area contributed by atoms with E-state index in [4.69, 9.17) is 74.2 Å². The summed E-state index contributed by atoms with van der Waals surface area (Å²) in [6.07, 6.45) is 0.123. The van der Waals surface area contributed by atoms with Crippen molar-refractivity contribution in [2.75, 3.05) is 41.4 Å². The molecule has 2 saturated heterocycles. The van der Waals surface area contributed by atoms with E-state index >= 15 is 0 Å². The first-order chi connectivity index (χ1) is 26.3. The number of non-ortho nitro benzene ring substituents is 1. The van der Waals surface area contributed by atoms with Crippen molar-refractivity contribution in [3.8, 4) is 5.75 Å². The molecule has 0 aliphatic carbocycles. The minimum atomic E-state index is -3.82. The molecule has 0 saturated carbocycles. The minimum absolute atomic E-state index is 0. The normalized spacial score (nSPS) is 22.2. The third-order valence-electron chi connectivity index (χ3n) is 7.09. The number of nitrogens with zero attached hydrogens (tertiary/aromatic N) is 6. The number of guanidine groups is 4. The largest absolute Gasteiger partial charge is 0.530 e. The number of nitrogens with one attached hydrogen (secondary N) is 1. The maximum Gasteiger partial charge on any atom is 0.530 e. The summed E-state index contributed by atoms with van der Waals surface area (Å²) in [6, 6.07) is 19.4. The number of benzene rings is 3. The van der Waals surface area contributed by atoms with Crippen molar-refractivity contribution in [1.82, 2.24) is 9.80 Å². The molecule has 3 aromatic rings. The van der Waals surface area contributed by atoms with E-state index in [1.807, 2.05) is 12.1 Å². The molecule has 5 rings (SSSR count). The lowest BCUT2D eigenvalue weighted by Crippen LogP contribution is -2.32. The van der Waals surface area contributed by atoms with Crippen LogP contribution in [-0.2, 0) is 27.2 Å². The molecule has 2 fully saturated rings. The molecule has 0 aromatic heterocycles. The van der Waals surface area contributed by atoms with Crippen LogP contribution >= 0.6 is 51.2 Å². The zero-order valence-corrected chi connectivity index (χ0v) is 35.3.